The molecule has 1 aliphatic rings. The topological polar surface area (TPSA) is 159 Å². The Labute approximate surface area is 210 Å². The number of carbonyl (C=O) groups excluding carboxylic acids is 2. The van der Waals surface area contributed by atoms with Crippen LogP contribution in [0.3, 0.4) is 0 Å². The molecule has 10 nitrogen and oxygen atoms in total. The Kier molecular flexibility index (Phi) is 9.57. The van der Waals surface area contributed by atoms with Gasteiger partial charge in [-0.3, -0.25) is 9.59 Å². The Morgan fingerprint density at radius 1 is 1.06 bits per heavy atom. The van der Waals surface area contributed by atoms with Gasteiger partial charge in [-0.1, -0.05) is 30.3 Å². The molecule has 2 aromatic rings. The van der Waals surface area contributed by atoms with E-state index in [1.54, 1.807) is 42.5 Å². The van der Waals surface area contributed by atoms with Gasteiger partial charge in [0, 0.05) is 25.1 Å². The molecule has 2 atom stereocenters. The molecular weight excluding hydrogens is 484 g/mol. The van der Waals surface area contributed by atoms with Crippen LogP contribution in [0.1, 0.15) is 37.7 Å². The molecule has 2 aromatic carbocycles. The standard InChI is InChI=1S/C25H32N4O6S/c26-15-5-4-10-23(30)27-19-13-11-18(12-14-19)17-21(25(32)33)28-24(31)22-9-6-16-29(22)36(34,35)20-7-2-1-3-8-20/h1-3,7-8,11-14,21-22H,4-6,9-10,15-17,26H2,(H,27,30)(H,28,31)(H,32,33). The largest absolute Gasteiger partial charge is 0.480 e. The number of anilines is 1. The maximum atomic E-state index is 13.0. The first-order chi connectivity index (χ1) is 17.2. The summed E-state index contributed by atoms with van der Waals surface area (Å²) in [6, 6.07) is 12.3. The lowest BCUT2D eigenvalue weighted by molar-refractivity contribution is -0.142. The van der Waals surface area contributed by atoms with E-state index in [9.17, 15) is 27.9 Å². The maximum Gasteiger partial charge on any atom is 0.326 e. The van der Waals surface area contributed by atoms with Crippen LogP contribution in [0.25, 0.3) is 0 Å². The predicted octanol–water partition coefficient (Wildman–Crippen LogP) is 1.72. The number of carboxylic acids is 1. The minimum absolute atomic E-state index is 0.00392. The first kappa shape index (κ1) is 27.3. The van der Waals surface area contributed by atoms with E-state index in [4.69, 9.17) is 5.73 Å². The third-order valence-corrected chi connectivity index (χ3v) is 7.93. The summed E-state index contributed by atoms with van der Waals surface area (Å²) < 4.78 is 27.2. The minimum Gasteiger partial charge on any atom is -0.480 e. The number of carbonyl (C=O) groups is 3. The Morgan fingerprint density at radius 3 is 2.39 bits per heavy atom. The number of carboxylic acid groups (broad SMARTS) is 1. The molecule has 2 amide bonds. The fraction of sp³-hybridized carbons (Fsp3) is 0.400. The molecule has 1 fully saturated rings. The van der Waals surface area contributed by atoms with Gasteiger partial charge < -0.3 is 21.5 Å². The van der Waals surface area contributed by atoms with Gasteiger partial charge in [-0.2, -0.15) is 4.31 Å². The van der Waals surface area contributed by atoms with Crippen molar-refractivity contribution >= 4 is 33.5 Å². The molecule has 3 rings (SSSR count). The maximum absolute atomic E-state index is 13.0. The lowest BCUT2D eigenvalue weighted by atomic mass is 10.0. The molecule has 1 saturated heterocycles. The van der Waals surface area contributed by atoms with Gasteiger partial charge in [0.2, 0.25) is 21.8 Å². The first-order valence-electron chi connectivity index (χ1n) is 11.9. The van der Waals surface area contributed by atoms with E-state index >= 15 is 0 Å². The average Bonchev–Trinajstić information content (AvgIpc) is 3.37. The number of benzene rings is 2. The van der Waals surface area contributed by atoms with Gasteiger partial charge in [0.1, 0.15) is 12.1 Å². The van der Waals surface area contributed by atoms with Crippen LogP contribution in [0.2, 0.25) is 0 Å². The van der Waals surface area contributed by atoms with Gasteiger partial charge >= 0.3 is 5.97 Å². The van der Waals surface area contributed by atoms with Gasteiger partial charge in [0.15, 0.2) is 0 Å². The number of sulfonamides is 1. The van der Waals surface area contributed by atoms with Gasteiger partial charge in [0.05, 0.1) is 4.90 Å². The van der Waals surface area contributed by atoms with Crippen molar-refractivity contribution in [1.29, 1.82) is 0 Å². The van der Waals surface area contributed by atoms with E-state index in [1.807, 2.05) is 0 Å². The Balaban J connectivity index is 1.63. The highest BCUT2D eigenvalue weighted by Crippen LogP contribution is 2.26. The molecule has 194 valence electrons. The molecular formula is C25H32N4O6S. The first-order valence-corrected chi connectivity index (χ1v) is 13.4. The van der Waals surface area contributed by atoms with E-state index in [1.165, 1.54) is 12.1 Å². The van der Waals surface area contributed by atoms with E-state index in [0.29, 0.717) is 43.5 Å². The lowest BCUT2D eigenvalue weighted by Gasteiger charge is -2.25. The normalized spacial score (nSPS) is 16.9. The van der Waals surface area contributed by atoms with Crippen LogP contribution in [0.4, 0.5) is 5.69 Å². The highest BCUT2D eigenvalue weighted by atomic mass is 32.2. The number of unbranched alkanes of at least 4 members (excludes halogenated alkanes) is 1. The molecule has 36 heavy (non-hydrogen) atoms. The molecule has 1 heterocycles. The zero-order chi connectivity index (χ0) is 26.1. The number of rotatable bonds is 12. The van der Waals surface area contributed by atoms with Gasteiger partial charge in [-0.25, -0.2) is 13.2 Å². The summed E-state index contributed by atoms with van der Waals surface area (Å²) >= 11 is 0. The van der Waals surface area contributed by atoms with Crippen LogP contribution in [0.5, 0.6) is 0 Å². The molecule has 2 unspecified atom stereocenters. The third kappa shape index (κ3) is 7.12. The van der Waals surface area contributed by atoms with Crippen molar-refractivity contribution in [2.75, 3.05) is 18.4 Å². The predicted molar refractivity (Wildman–Crippen MR) is 135 cm³/mol. The summed E-state index contributed by atoms with van der Waals surface area (Å²) in [4.78, 5) is 36.9. The number of amides is 2. The Morgan fingerprint density at radius 2 is 1.75 bits per heavy atom. The third-order valence-electron chi connectivity index (χ3n) is 6.01. The van der Waals surface area contributed by atoms with Crippen LogP contribution < -0.4 is 16.4 Å². The van der Waals surface area contributed by atoms with E-state index in [0.717, 1.165) is 10.7 Å². The summed E-state index contributed by atoms with van der Waals surface area (Å²) in [7, 11) is -3.89. The Bertz CT molecular complexity index is 1150. The molecule has 0 bridgehead atoms. The van der Waals surface area contributed by atoms with Crippen LogP contribution in [-0.2, 0) is 30.8 Å². The fourth-order valence-electron chi connectivity index (χ4n) is 4.10. The molecule has 11 heteroatoms. The van der Waals surface area contributed by atoms with Gasteiger partial charge in [0.25, 0.3) is 0 Å². The molecule has 5 N–H and O–H groups in total. The fourth-order valence-corrected chi connectivity index (χ4v) is 5.78. The van der Waals surface area contributed by atoms with E-state index in [-0.39, 0.29) is 23.8 Å². The molecule has 0 spiro atoms. The number of hydrogen-bond donors (Lipinski definition) is 4. The second-order valence-electron chi connectivity index (χ2n) is 8.68. The number of hydrogen-bond acceptors (Lipinski definition) is 6. The van der Waals surface area contributed by atoms with Crippen LogP contribution >= 0.6 is 0 Å². The summed E-state index contributed by atoms with van der Waals surface area (Å²) in [6.45, 7) is 0.720. The number of nitrogens with two attached hydrogens (primary N) is 1. The van der Waals surface area contributed by atoms with Crippen molar-refractivity contribution in [2.24, 2.45) is 5.73 Å². The number of aliphatic carboxylic acids is 1. The van der Waals surface area contributed by atoms with E-state index in [2.05, 4.69) is 10.6 Å². The van der Waals surface area contributed by atoms with Crippen molar-refractivity contribution in [1.82, 2.24) is 9.62 Å². The lowest BCUT2D eigenvalue weighted by Crippen LogP contribution is -2.51. The summed E-state index contributed by atoms with van der Waals surface area (Å²) in [6.07, 6.45) is 2.65. The molecule has 0 aliphatic carbocycles. The van der Waals surface area contributed by atoms with Crippen molar-refractivity contribution < 1.29 is 27.9 Å². The van der Waals surface area contributed by atoms with Crippen LogP contribution in [-0.4, -0.2) is 60.8 Å². The van der Waals surface area contributed by atoms with Crippen molar-refractivity contribution in [2.45, 2.75) is 55.5 Å². The average molecular weight is 517 g/mol. The zero-order valence-corrected chi connectivity index (χ0v) is 20.7. The minimum atomic E-state index is -3.89. The van der Waals surface area contributed by atoms with Crippen molar-refractivity contribution in [3.63, 3.8) is 0 Å². The van der Waals surface area contributed by atoms with Gasteiger partial charge in [-0.05, 0) is 62.1 Å². The summed E-state index contributed by atoms with van der Waals surface area (Å²) in [5.74, 6) is -1.99. The highest BCUT2D eigenvalue weighted by molar-refractivity contribution is 7.89. The Hall–Kier alpha value is -3.28. The highest BCUT2D eigenvalue weighted by Gasteiger charge is 2.40. The SMILES string of the molecule is NCCCCC(=O)Nc1ccc(CC(NC(=O)C2CCCN2S(=O)(=O)c2ccccc2)C(=O)O)cc1. The second-order valence-corrected chi connectivity index (χ2v) is 10.6. The van der Waals surface area contributed by atoms with Crippen molar-refractivity contribution in [3.05, 3.63) is 60.2 Å². The molecule has 0 aromatic heterocycles. The van der Waals surface area contributed by atoms with Crippen LogP contribution in [0.15, 0.2) is 59.5 Å². The van der Waals surface area contributed by atoms with Crippen LogP contribution in [0, 0.1) is 0 Å². The summed E-state index contributed by atoms with van der Waals surface area (Å²) in [5, 5.41) is 15.0. The number of nitrogens with one attached hydrogen (secondary N) is 2. The quantitative estimate of drug-likeness (QED) is 0.313. The van der Waals surface area contributed by atoms with Gasteiger partial charge in [-0.15, -0.1) is 0 Å². The van der Waals surface area contributed by atoms with E-state index < -0.39 is 34.0 Å². The number of nitrogens with zero attached hydrogens (tertiary/aromatic N) is 1. The molecule has 0 radical (unpaired) electrons. The smallest absolute Gasteiger partial charge is 0.326 e. The molecule has 1 aliphatic heterocycles. The van der Waals surface area contributed by atoms with Crippen molar-refractivity contribution in [3.8, 4) is 0 Å². The zero-order valence-electron chi connectivity index (χ0n) is 19.9. The summed E-state index contributed by atoms with van der Waals surface area (Å²) in [5.41, 5.74) is 6.66. The second kappa shape index (κ2) is 12.6. The molecule has 0 saturated carbocycles. The monoisotopic (exact) mass is 516 g/mol.